The van der Waals surface area contributed by atoms with E-state index in [1.807, 2.05) is 6.92 Å². The lowest BCUT2D eigenvalue weighted by Crippen LogP contribution is -2.56. The number of rotatable bonds is 3. The molecule has 2 unspecified atom stereocenters. The molecule has 0 saturated carbocycles. The zero-order valence-electron chi connectivity index (χ0n) is 12.0. The zero-order chi connectivity index (χ0) is 15.8. The van der Waals surface area contributed by atoms with Gasteiger partial charge in [-0.25, -0.2) is 8.42 Å². The van der Waals surface area contributed by atoms with Crippen molar-refractivity contribution in [3.8, 4) is 0 Å². The van der Waals surface area contributed by atoms with E-state index in [0.717, 1.165) is 6.07 Å². The van der Waals surface area contributed by atoms with Gasteiger partial charge >= 0.3 is 0 Å². The van der Waals surface area contributed by atoms with Gasteiger partial charge in [0.05, 0.1) is 4.92 Å². The summed E-state index contributed by atoms with van der Waals surface area (Å²) in [6.45, 7) is 4.40. The van der Waals surface area contributed by atoms with E-state index in [4.69, 9.17) is 11.6 Å². The Morgan fingerprint density at radius 3 is 2.64 bits per heavy atom. The van der Waals surface area contributed by atoms with Crippen molar-refractivity contribution in [2.45, 2.75) is 30.8 Å². The van der Waals surface area contributed by atoms with Crippen molar-refractivity contribution in [1.82, 2.24) is 9.62 Å². The summed E-state index contributed by atoms with van der Waals surface area (Å²) in [5.74, 6) is 0. The smallest absolute Gasteiger partial charge is 0.290 e. The summed E-state index contributed by atoms with van der Waals surface area (Å²) < 4.78 is 26.8. The number of halogens is 2. The standard InChI is InChI=1S/C12H16ClN3O4S.ClH/c1-8-7-15(9(2)6-14-8)21(19,20)12-4-3-10(13)5-11(12)16(17)18;/h3-5,8-9,14H,6-7H2,1-2H3;1H. The second-order valence-corrected chi connectivity index (χ2v) is 7.40. The van der Waals surface area contributed by atoms with Crippen LogP contribution in [0.5, 0.6) is 0 Å². The molecule has 0 bridgehead atoms. The van der Waals surface area contributed by atoms with E-state index in [9.17, 15) is 18.5 Å². The van der Waals surface area contributed by atoms with E-state index in [0.29, 0.717) is 6.54 Å². The van der Waals surface area contributed by atoms with Crippen LogP contribution in [0.25, 0.3) is 0 Å². The first-order valence-corrected chi connectivity index (χ1v) is 8.24. The van der Waals surface area contributed by atoms with Crippen LogP contribution in [0.1, 0.15) is 13.8 Å². The molecule has 0 aliphatic carbocycles. The molecule has 1 saturated heterocycles. The minimum Gasteiger partial charge on any atom is -0.311 e. The van der Waals surface area contributed by atoms with Gasteiger partial charge in [0.15, 0.2) is 4.90 Å². The van der Waals surface area contributed by atoms with Crippen molar-refractivity contribution in [2.24, 2.45) is 0 Å². The lowest BCUT2D eigenvalue weighted by Gasteiger charge is -2.36. The van der Waals surface area contributed by atoms with Crippen LogP contribution in [-0.4, -0.2) is 42.8 Å². The third-order valence-electron chi connectivity index (χ3n) is 3.41. The fourth-order valence-corrected chi connectivity index (χ4v) is 4.33. The lowest BCUT2D eigenvalue weighted by atomic mass is 10.2. The highest BCUT2D eigenvalue weighted by molar-refractivity contribution is 7.89. The van der Waals surface area contributed by atoms with Crippen molar-refractivity contribution in [3.63, 3.8) is 0 Å². The molecule has 1 fully saturated rings. The van der Waals surface area contributed by atoms with Crippen molar-refractivity contribution in [3.05, 3.63) is 33.3 Å². The molecule has 1 aliphatic rings. The van der Waals surface area contributed by atoms with Crippen LogP contribution < -0.4 is 5.32 Å². The molecule has 22 heavy (non-hydrogen) atoms. The number of nitro benzene ring substituents is 1. The van der Waals surface area contributed by atoms with Crippen molar-refractivity contribution < 1.29 is 13.3 Å². The molecule has 2 rings (SSSR count). The van der Waals surface area contributed by atoms with E-state index in [2.05, 4.69) is 5.32 Å². The minimum absolute atomic E-state index is 0. The second kappa shape index (κ2) is 7.10. The van der Waals surface area contributed by atoms with Crippen LogP contribution in [0.15, 0.2) is 23.1 Å². The fourth-order valence-electron chi connectivity index (χ4n) is 2.30. The van der Waals surface area contributed by atoms with Gasteiger partial charge < -0.3 is 5.32 Å². The summed E-state index contributed by atoms with van der Waals surface area (Å²) in [6.07, 6.45) is 0. The molecule has 0 radical (unpaired) electrons. The topological polar surface area (TPSA) is 92.5 Å². The molecule has 1 aromatic carbocycles. The van der Waals surface area contributed by atoms with Crippen molar-refractivity contribution in [1.29, 1.82) is 0 Å². The highest BCUT2D eigenvalue weighted by atomic mass is 35.5. The van der Waals surface area contributed by atoms with Crippen LogP contribution in [0.4, 0.5) is 5.69 Å². The largest absolute Gasteiger partial charge is 0.311 e. The lowest BCUT2D eigenvalue weighted by molar-refractivity contribution is -0.387. The third kappa shape index (κ3) is 3.69. The first-order chi connectivity index (χ1) is 9.73. The molecule has 124 valence electrons. The Bertz CT molecular complexity index is 668. The second-order valence-electron chi connectivity index (χ2n) is 5.10. The Balaban J connectivity index is 0.00000242. The minimum atomic E-state index is -3.94. The number of benzene rings is 1. The molecular weight excluding hydrogens is 353 g/mol. The molecule has 2 atom stereocenters. The number of sulfonamides is 1. The molecule has 0 spiro atoms. The Labute approximate surface area is 140 Å². The van der Waals surface area contributed by atoms with Gasteiger partial charge in [0.25, 0.3) is 5.69 Å². The average molecular weight is 370 g/mol. The third-order valence-corrected chi connectivity index (χ3v) is 5.67. The molecule has 10 heteroatoms. The van der Waals surface area contributed by atoms with Gasteiger partial charge in [-0.1, -0.05) is 11.6 Å². The molecule has 0 amide bonds. The van der Waals surface area contributed by atoms with Crippen LogP contribution >= 0.6 is 24.0 Å². The van der Waals surface area contributed by atoms with E-state index in [1.165, 1.54) is 16.4 Å². The summed E-state index contributed by atoms with van der Waals surface area (Å²) >= 11 is 5.73. The molecule has 1 aromatic rings. The molecule has 1 heterocycles. The summed E-state index contributed by atoms with van der Waals surface area (Å²) in [5, 5.41) is 14.4. The first kappa shape index (κ1) is 19.1. The van der Waals surface area contributed by atoms with Crippen LogP contribution in [0.3, 0.4) is 0 Å². The van der Waals surface area contributed by atoms with Crippen LogP contribution in [0, 0.1) is 10.1 Å². The maximum Gasteiger partial charge on any atom is 0.290 e. The maximum absolute atomic E-state index is 12.7. The van der Waals surface area contributed by atoms with Gasteiger partial charge in [-0.3, -0.25) is 10.1 Å². The van der Waals surface area contributed by atoms with E-state index < -0.39 is 20.6 Å². The highest BCUT2D eigenvalue weighted by Gasteiger charge is 2.37. The van der Waals surface area contributed by atoms with Gasteiger partial charge in [-0.15, -0.1) is 12.4 Å². The average Bonchev–Trinajstić information content (AvgIpc) is 2.41. The fraction of sp³-hybridized carbons (Fsp3) is 0.500. The number of nitro groups is 1. The number of piperazine rings is 1. The van der Waals surface area contributed by atoms with Gasteiger partial charge in [0.2, 0.25) is 10.0 Å². The van der Waals surface area contributed by atoms with E-state index >= 15 is 0 Å². The van der Waals surface area contributed by atoms with Gasteiger partial charge in [-0.05, 0) is 26.0 Å². The van der Waals surface area contributed by atoms with Crippen molar-refractivity contribution in [2.75, 3.05) is 13.1 Å². The maximum atomic E-state index is 12.7. The Morgan fingerprint density at radius 1 is 1.41 bits per heavy atom. The van der Waals surface area contributed by atoms with Crippen LogP contribution in [-0.2, 0) is 10.0 Å². The molecule has 1 N–H and O–H groups in total. The zero-order valence-corrected chi connectivity index (χ0v) is 14.4. The highest BCUT2D eigenvalue weighted by Crippen LogP contribution is 2.31. The monoisotopic (exact) mass is 369 g/mol. The Morgan fingerprint density at radius 2 is 2.05 bits per heavy atom. The normalized spacial score (nSPS) is 22.9. The molecule has 0 aromatic heterocycles. The Hall–Kier alpha value is -0.930. The first-order valence-electron chi connectivity index (χ1n) is 6.42. The molecular formula is C12H17Cl2N3O4S. The van der Waals surface area contributed by atoms with Gasteiger partial charge in [0.1, 0.15) is 0 Å². The van der Waals surface area contributed by atoms with Gasteiger partial charge in [0, 0.05) is 36.3 Å². The molecule has 7 nitrogen and oxygen atoms in total. The summed E-state index contributed by atoms with van der Waals surface area (Å²) in [7, 11) is -3.94. The van der Waals surface area contributed by atoms with E-state index in [-0.39, 0.29) is 41.0 Å². The summed E-state index contributed by atoms with van der Waals surface area (Å²) in [6, 6.07) is 3.31. The predicted octanol–water partition coefficient (Wildman–Crippen LogP) is 2.04. The number of nitrogens with zero attached hydrogens (tertiary/aromatic N) is 2. The number of hydrogen-bond donors (Lipinski definition) is 1. The van der Waals surface area contributed by atoms with Crippen molar-refractivity contribution >= 4 is 39.7 Å². The summed E-state index contributed by atoms with van der Waals surface area (Å²) in [4.78, 5) is 10.1. The van der Waals surface area contributed by atoms with E-state index in [1.54, 1.807) is 6.92 Å². The van der Waals surface area contributed by atoms with Gasteiger partial charge in [-0.2, -0.15) is 4.31 Å². The number of nitrogens with one attached hydrogen (secondary N) is 1. The predicted molar refractivity (Wildman–Crippen MR) is 86.2 cm³/mol. The molecule has 1 aliphatic heterocycles. The number of hydrogen-bond acceptors (Lipinski definition) is 5. The summed E-state index contributed by atoms with van der Waals surface area (Å²) in [5.41, 5.74) is -0.499. The van der Waals surface area contributed by atoms with Crippen LogP contribution in [0.2, 0.25) is 5.02 Å². The quantitative estimate of drug-likeness (QED) is 0.649. The SMILES string of the molecule is CC1CN(S(=O)(=O)c2ccc(Cl)cc2[N+](=O)[O-])C(C)CN1.Cl. The Kier molecular flexibility index (Phi) is 6.17.